The van der Waals surface area contributed by atoms with E-state index >= 15 is 0 Å². The zero-order chi connectivity index (χ0) is 20.8. The van der Waals surface area contributed by atoms with Gasteiger partial charge in [-0.1, -0.05) is 86.0 Å². The molecular weight excluding hydrogens is 400 g/mol. The Labute approximate surface area is 187 Å². The van der Waals surface area contributed by atoms with E-state index in [1.54, 1.807) is 0 Å². The molecule has 148 valence electrons. The van der Waals surface area contributed by atoms with Crippen LogP contribution >= 0.6 is 23.5 Å². The first-order chi connectivity index (χ1) is 14.7. The monoisotopic (exact) mass is 424 g/mol. The van der Waals surface area contributed by atoms with E-state index in [0.29, 0.717) is 0 Å². The molecule has 0 N–H and O–H groups in total. The van der Waals surface area contributed by atoms with Crippen molar-refractivity contribution >= 4 is 46.4 Å². The summed E-state index contributed by atoms with van der Waals surface area (Å²) in [7, 11) is 0. The Hall–Kier alpha value is -2.68. The molecule has 0 aliphatic carbocycles. The number of hydrogen-bond acceptors (Lipinski definition) is 2. The van der Waals surface area contributed by atoms with Gasteiger partial charge in [0.05, 0.1) is 0 Å². The van der Waals surface area contributed by atoms with Crippen molar-refractivity contribution in [1.82, 2.24) is 0 Å². The Kier molecular flexibility index (Phi) is 6.78. The van der Waals surface area contributed by atoms with Gasteiger partial charge in [-0.2, -0.15) is 0 Å². The minimum atomic E-state index is 0.960. The molecule has 0 amide bonds. The van der Waals surface area contributed by atoms with Crippen molar-refractivity contribution < 1.29 is 0 Å². The molecule has 2 heteroatoms. The van der Waals surface area contributed by atoms with Crippen LogP contribution in [0.25, 0.3) is 22.9 Å². The Bertz CT molecular complexity index is 1100. The summed E-state index contributed by atoms with van der Waals surface area (Å²) < 4.78 is 0. The fourth-order valence-corrected chi connectivity index (χ4v) is 5.11. The third-order valence-corrected chi connectivity index (χ3v) is 7.10. The predicted molar refractivity (Wildman–Crippen MR) is 136 cm³/mol. The maximum Gasteiger partial charge on any atom is 0.0232 e. The van der Waals surface area contributed by atoms with Crippen LogP contribution in [0.1, 0.15) is 22.3 Å². The highest BCUT2D eigenvalue weighted by molar-refractivity contribution is 7.98. The lowest BCUT2D eigenvalue weighted by Crippen LogP contribution is -1.84. The molecule has 0 heterocycles. The smallest absolute Gasteiger partial charge is 0.0232 e. The molecule has 0 aliphatic heterocycles. The van der Waals surface area contributed by atoms with Crippen LogP contribution in [0, 0.1) is 0 Å². The van der Waals surface area contributed by atoms with Gasteiger partial charge < -0.3 is 0 Å². The van der Waals surface area contributed by atoms with Crippen molar-refractivity contribution in [3.05, 3.63) is 120 Å². The van der Waals surface area contributed by atoms with Gasteiger partial charge in [0.15, 0.2) is 0 Å². The lowest BCUT2D eigenvalue weighted by Gasteiger charge is -2.08. The van der Waals surface area contributed by atoms with Crippen molar-refractivity contribution in [3.63, 3.8) is 0 Å². The summed E-state index contributed by atoms with van der Waals surface area (Å²) in [5.74, 6) is 1.92. The zero-order valence-corrected chi connectivity index (χ0v) is 18.5. The first kappa shape index (κ1) is 20.6. The van der Waals surface area contributed by atoms with Gasteiger partial charge in [-0.3, -0.25) is 0 Å². The van der Waals surface area contributed by atoms with E-state index < -0.39 is 0 Å². The quantitative estimate of drug-likeness (QED) is 0.259. The maximum atomic E-state index is 3.86. The molecule has 0 aliphatic rings. The molecule has 0 spiro atoms. The standard InChI is InChI=1S/C28H24S2/c1-3-21-7-5-9-23(15-21)19-29-27-13-11-25-12-14-28(18-26(25)17-27)30-20-24-10-6-8-22(4-2)16-24/h3-18H,1-2,19-20H2. The van der Waals surface area contributed by atoms with Gasteiger partial charge in [-0.05, 0) is 57.3 Å². The molecule has 0 unspecified atom stereocenters. The number of benzene rings is 4. The molecule has 0 bridgehead atoms. The fourth-order valence-electron chi connectivity index (χ4n) is 3.34. The zero-order valence-electron chi connectivity index (χ0n) is 16.9. The predicted octanol–water partition coefficient (Wildman–Crippen LogP) is 8.71. The molecule has 0 radical (unpaired) electrons. The summed E-state index contributed by atoms with van der Waals surface area (Å²) in [5, 5.41) is 2.58. The first-order valence-electron chi connectivity index (χ1n) is 9.96. The van der Waals surface area contributed by atoms with Crippen LogP contribution < -0.4 is 0 Å². The highest BCUT2D eigenvalue weighted by Crippen LogP contribution is 2.31. The molecule has 30 heavy (non-hydrogen) atoms. The van der Waals surface area contributed by atoms with E-state index in [2.05, 4.69) is 98.1 Å². The van der Waals surface area contributed by atoms with E-state index in [1.807, 2.05) is 35.7 Å². The van der Waals surface area contributed by atoms with E-state index in [0.717, 1.165) is 11.5 Å². The normalized spacial score (nSPS) is 10.8. The Morgan fingerprint density at radius 2 is 1.07 bits per heavy atom. The summed E-state index contributed by atoms with van der Waals surface area (Å²) in [4.78, 5) is 2.60. The minimum absolute atomic E-state index is 0.960. The molecule has 4 rings (SSSR count). The second-order valence-electron chi connectivity index (χ2n) is 7.15. The Balaban J connectivity index is 1.46. The summed E-state index contributed by atoms with van der Waals surface area (Å²) in [6, 6.07) is 30.6. The molecule has 0 aromatic heterocycles. The van der Waals surface area contributed by atoms with E-state index in [4.69, 9.17) is 0 Å². The van der Waals surface area contributed by atoms with Crippen LogP contribution in [0.3, 0.4) is 0 Å². The summed E-state index contributed by atoms with van der Waals surface area (Å²) >= 11 is 3.75. The summed E-state index contributed by atoms with van der Waals surface area (Å²) in [5.41, 5.74) is 4.99. The van der Waals surface area contributed by atoms with Crippen molar-refractivity contribution in [2.75, 3.05) is 0 Å². The largest absolute Gasteiger partial charge is 0.121 e. The number of thioether (sulfide) groups is 2. The summed E-state index contributed by atoms with van der Waals surface area (Å²) in [6.07, 6.45) is 3.80. The van der Waals surface area contributed by atoms with Crippen LogP contribution in [0.2, 0.25) is 0 Å². The molecule has 0 saturated carbocycles. The number of fused-ring (bicyclic) bond motifs is 1. The van der Waals surface area contributed by atoms with Crippen molar-refractivity contribution in [3.8, 4) is 0 Å². The van der Waals surface area contributed by atoms with Crippen molar-refractivity contribution in [1.29, 1.82) is 0 Å². The second kappa shape index (κ2) is 9.88. The van der Waals surface area contributed by atoms with Crippen molar-refractivity contribution in [2.24, 2.45) is 0 Å². The average Bonchev–Trinajstić information content (AvgIpc) is 2.81. The van der Waals surface area contributed by atoms with Crippen LogP contribution in [0.15, 0.2) is 108 Å². The van der Waals surface area contributed by atoms with Crippen LogP contribution in [0.5, 0.6) is 0 Å². The fraction of sp³-hybridized carbons (Fsp3) is 0.0714. The average molecular weight is 425 g/mol. The topological polar surface area (TPSA) is 0 Å². The molecule has 0 saturated heterocycles. The molecule has 0 nitrogen and oxygen atoms in total. The van der Waals surface area contributed by atoms with E-state index in [9.17, 15) is 0 Å². The van der Waals surface area contributed by atoms with Gasteiger partial charge in [0.25, 0.3) is 0 Å². The highest BCUT2D eigenvalue weighted by atomic mass is 32.2. The van der Waals surface area contributed by atoms with Gasteiger partial charge in [-0.25, -0.2) is 0 Å². The Morgan fingerprint density at radius 3 is 1.53 bits per heavy atom. The van der Waals surface area contributed by atoms with Crippen molar-refractivity contribution in [2.45, 2.75) is 21.3 Å². The molecule has 0 atom stereocenters. The lowest BCUT2D eigenvalue weighted by molar-refractivity contribution is 1.37. The minimum Gasteiger partial charge on any atom is -0.121 e. The van der Waals surface area contributed by atoms with Gasteiger partial charge >= 0.3 is 0 Å². The number of rotatable bonds is 8. The summed E-state index contributed by atoms with van der Waals surface area (Å²) in [6.45, 7) is 7.73. The molecular formula is C28H24S2. The number of hydrogen-bond donors (Lipinski definition) is 0. The van der Waals surface area contributed by atoms with E-state index in [1.165, 1.54) is 42.8 Å². The SMILES string of the molecule is C=Cc1cccc(CSc2ccc3ccc(SCc4cccc(C=C)c4)cc3c2)c1. The molecule has 0 fully saturated rings. The maximum absolute atomic E-state index is 3.86. The van der Waals surface area contributed by atoms with Crippen LogP contribution in [0.4, 0.5) is 0 Å². The van der Waals surface area contributed by atoms with Gasteiger partial charge in [0, 0.05) is 21.3 Å². The third kappa shape index (κ3) is 5.27. The third-order valence-electron chi connectivity index (χ3n) is 4.97. The first-order valence-corrected chi connectivity index (χ1v) is 11.9. The Morgan fingerprint density at radius 1 is 0.567 bits per heavy atom. The highest BCUT2D eigenvalue weighted by Gasteiger charge is 2.03. The lowest BCUT2D eigenvalue weighted by atomic mass is 10.1. The second-order valence-corrected chi connectivity index (χ2v) is 9.24. The van der Waals surface area contributed by atoms with E-state index in [-0.39, 0.29) is 0 Å². The molecule has 4 aromatic carbocycles. The van der Waals surface area contributed by atoms with Crippen LogP contribution in [-0.4, -0.2) is 0 Å². The van der Waals surface area contributed by atoms with Gasteiger partial charge in [0.1, 0.15) is 0 Å². The van der Waals surface area contributed by atoms with Gasteiger partial charge in [0.2, 0.25) is 0 Å². The van der Waals surface area contributed by atoms with Crippen LogP contribution in [-0.2, 0) is 11.5 Å². The van der Waals surface area contributed by atoms with Gasteiger partial charge in [-0.15, -0.1) is 23.5 Å². The molecule has 4 aromatic rings.